The van der Waals surface area contributed by atoms with Gasteiger partial charge in [0, 0.05) is 26.2 Å². The van der Waals surface area contributed by atoms with Crippen molar-refractivity contribution < 1.29 is 18.7 Å². The molecule has 4 rings (SSSR count). The molecule has 7 nitrogen and oxygen atoms in total. The molecule has 2 heterocycles. The maximum Gasteiger partial charge on any atom is 0.309 e. The molecule has 1 fully saturated rings. The molecule has 162 valence electrons. The lowest BCUT2D eigenvalue weighted by Crippen LogP contribution is -2.39. The van der Waals surface area contributed by atoms with Crippen LogP contribution >= 0.6 is 0 Å². The van der Waals surface area contributed by atoms with E-state index in [1.165, 1.54) is 0 Å². The minimum atomic E-state index is -0.304. The number of esters is 1. The van der Waals surface area contributed by atoms with Crippen molar-refractivity contribution in [1.29, 1.82) is 0 Å². The smallest absolute Gasteiger partial charge is 0.309 e. The van der Waals surface area contributed by atoms with Crippen molar-refractivity contribution in [3.05, 3.63) is 60.2 Å². The Morgan fingerprint density at radius 2 is 1.81 bits per heavy atom. The minimum Gasteiger partial charge on any atom is -0.455 e. The van der Waals surface area contributed by atoms with E-state index >= 15 is 0 Å². The van der Waals surface area contributed by atoms with E-state index in [2.05, 4.69) is 4.98 Å². The number of nitrogens with zero attached hydrogens (tertiary/aromatic N) is 3. The zero-order valence-electron chi connectivity index (χ0n) is 17.7. The van der Waals surface area contributed by atoms with Crippen LogP contribution in [0.1, 0.15) is 25.3 Å². The Morgan fingerprint density at radius 1 is 1.10 bits per heavy atom. The van der Waals surface area contributed by atoms with Crippen LogP contribution in [-0.4, -0.2) is 48.0 Å². The first-order valence-corrected chi connectivity index (χ1v) is 10.7. The molecule has 1 aliphatic heterocycles. The molecule has 1 aliphatic rings. The van der Waals surface area contributed by atoms with Crippen molar-refractivity contribution in [1.82, 2.24) is 9.88 Å². The number of likely N-dealkylation sites (N-methyl/N-ethyl adjacent to an activating group) is 1. The summed E-state index contributed by atoms with van der Waals surface area (Å²) >= 11 is 0. The first kappa shape index (κ1) is 20.9. The molecule has 1 aromatic heterocycles. The van der Waals surface area contributed by atoms with Gasteiger partial charge < -0.3 is 19.0 Å². The summed E-state index contributed by atoms with van der Waals surface area (Å²) in [5.41, 5.74) is 2.64. The number of rotatable bonds is 7. The predicted octanol–water partition coefficient (Wildman–Crippen LogP) is 3.64. The number of amides is 1. The summed E-state index contributed by atoms with van der Waals surface area (Å²) in [4.78, 5) is 33.3. The van der Waals surface area contributed by atoms with Crippen LogP contribution < -0.4 is 4.90 Å². The molecule has 0 atom stereocenters. The molecule has 0 bridgehead atoms. The second kappa shape index (κ2) is 9.64. The zero-order chi connectivity index (χ0) is 21.6. The highest BCUT2D eigenvalue weighted by Crippen LogP contribution is 2.26. The van der Waals surface area contributed by atoms with Crippen LogP contribution in [0, 0.1) is 5.92 Å². The highest BCUT2D eigenvalue weighted by atomic mass is 16.5. The van der Waals surface area contributed by atoms with E-state index in [0.717, 1.165) is 16.7 Å². The Bertz CT molecular complexity index is 992. The van der Waals surface area contributed by atoms with E-state index in [4.69, 9.17) is 9.15 Å². The number of carbonyl (C=O) groups excluding carboxylic acids is 2. The maximum absolute atomic E-state index is 12.5. The average molecular weight is 421 g/mol. The van der Waals surface area contributed by atoms with Crippen molar-refractivity contribution in [2.45, 2.75) is 26.3 Å². The lowest BCUT2D eigenvalue weighted by Gasteiger charge is -2.29. The third-order valence-electron chi connectivity index (χ3n) is 5.67. The summed E-state index contributed by atoms with van der Waals surface area (Å²) in [5, 5.41) is 0. The van der Waals surface area contributed by atoms with Gasteiger partial charge in [-0.15, -0.1) is 0 Å². The Hall–Kier alpha value is -3.35. The van der Waals surface area contributed by atoms with E-state index in [0.29, 0.717) is 45.0 Å². The first-order chi connectivity index (χ1) is 15.1. The standard InChI is InChI=1S/C24H27N3O4/c1-2-26(16-18-8-4-3-5-9-18)22(28)17-30-23(29)19-12-14-27(15-13-19)24-25-20-10-6-7-11-21(20)31-24/h3-11,19H,2,12-17H2,1H3. The summed E-state index contributed by atoms with van der Waals surface area (Å²) in [6.07, 6.45) is 1.29. The molecule has 1 amide bonds. The first-order valence-electron chi connectivity index (χ1n) is 10.7. The third-order valence-corrected chi connectivity index (χ3v) is 5.67. The van der Waals surface area contributed by atoms with Gasteiger partial charge in [0.05, 0.1) is 5.92 Å². The molecule has 0 saturated carbocycles. The van der Waals surface area contributed by atoms with Crippen LogP contribution in [0.3, 0.4) is 0 Å². The van der Waals surface area contributed by atoms with E-state index in [1.54, 1.807) is 4.90 Å². The molecular formula is C24H27N3O4. The maximum atomic E-state index is 12.5. The van der Waals surface area contributed by atoms with Crippen LogP contribution in [0.5, 0.6) is 0 Å². The summed E-state index contributed by atoms with van der Waals surface area (Å²) in [7, 11) is 0. The predicted molar refractivity (Wildman–Crippen MR) is 117 cm³/mol. The van der Waals surface area contributed by atoms with Crippen molar-refractivity contribution in [3.63, 3.8) is 0 Å². The monoisotopic (exact) mass is 421 g/mol. The van der Waals surface area contributed by atoms with Crippen LogP contribution in [0.15, 0.2) is 59.0 Å². The van der Waals surface area contributed by atoms with Gasteiger partial charge in [-0.05, 0) is 37.5 Å². The molecule has 31 heavy (non-hydrogen) atoms. The number of hydrogen-bond donors (Lipinski definition) is 0. The second-order valence-electron chi connectivity index (χ2n) is 7.73. The second-order valence-corrected chi connectivity index (χ2v) is 7.73. The van der Waals surface area contributed by atoms with Crippen molar-refractivity contribution >= 4 is 29.0 Å². The van der Waals surface area contributed by atoms with E-state index in [-0.39, 0.29) is 24.4 Å². The zero-order valence-corrected chi connectivity index (χ0v) is 17.7. The van der Waals surface area contributed by atoms with Gasteiger partial charge in [0.1, 0.15) is 5.52 Å². The van der Waals surface area contributed by atoms with Crippen LogP contribution in [0.2, 0.25) is 0 Å². The fourth-order valence-corrected chi connectivity index (χ4v) is 3.82. The number of anilines is 1. The SMILES string of the molecule is CCN(Cc1ccccc1)C(=O)COC(=O)C1CCN(c2nc3ccccc3o2)CC1. The van der Waals surface area contributed by atoms with Gasteiger partial charge in [0.2, 0.25) is 0 Å². The van der Waals surface area contributed by atoms with Crippen LogP contribution in [0.25, 0.3) is 11.1 Å². The number of carbonyl (C=O) groups is 2. The van der Waals surface area contributed by atoms with E-state index in [9.17, 15) is 9.59 Å². The van der Waals surface area contributed by atoms with Crippen LogP contribution in [-0.2, 0) is 20.9 Å². The molecule has 0 N–H and O–H groups in total. The van der Waals surface area contributed by atoms with Crippen LogP contribution in [0.4, 0.5) is 6.01 Å². The number of oxazole rings is 1. The lowest BCUT2D eigenvalue weighted by atomic mass is 9.97. The van der Waals surface area contributed by atoms with Crippen molar-refractivity contribution in [2.75, 3.05) is 31.1 Å². The number of para-hydroxylation sites is 2. The molecule has 0 unspecified atom stereocenters. The fourth-order valence-electron chi connectivity index (χ4n) is 3.82. The lowest BCUT2D eigenvalue weighted by molar-refractivity contribution is -0.156. The Kier molecular flexibility index (Phi) is 6.50. The van der Waals surface area contributed by atoms with Gasteiger partial charge in [0.15, 0.2) is 12.2 Å². The molecule has 1 saturated heterocycles. The molecule has 0 aliphatic carbocycles. The normalized spacial score (nSPS) is 14.5. The minimum absolute atomic E-state index is 0.177. The average Bonchev–Trinajstić information content (AvgIpc) is 3.26. The van der Waals surface area contributed by atoms with Gasteiger partial charge in [-0.2, -0.15) is 4.98 Å². The largest absolute Gasteiger partial charge is 0.455 e. The highest BCUT2D eigenvalue weighted by Gasteiger charge is 2.29. The molecule has 0 radical (unpaired) electrons. The number of aromatic nitrogens is 1. The molecule has 3 aromatic rings. The van der Waals surface area contributed by atoms with E-state index in [1.807, 2.05) is 66.4 Å². The molecular weight excluding hydrogens is 394 g/mol. The third kappa shape index (κ3) is 5.05. The number of piperidine rings is 1. The Morgan fingerprint density at radius 3 is 2.52 bits per heavy atom. The van der Waals surface area contributed by atoms with Gasteiger partial charge in [-0.25, -0.2) is 0 Å². The van der Waals surface area contributed by atoms with Gasteiger partial charge >= 0.3 is 5.97 Å². The van der Waals surface area contributed by atoms with Crippen molar-refractivity contribution in [3.8, 4) is 0 Å². The summed E-state index contributed by atoms with van der Waals surface area (Å²) < 4.78 is 11.2. The number of hydrogen-bond acceptors (Lipinski definition) is 6. The number of fused-ring (bicyclic) bond motifs is 1. The highest BCUT2D eigenvalue weighted by molar-refractivity contribution is 5.81. The summed E-state index contributed by atoms with van der Waals surface area (Å²) in [6.45, 7) is 4.10. The van der Waals surface area contributed by atoms with Gasteiger partial charge in [-0.3, -0.25) is 9.59 Å². The summed E-state index contributed by atoms with van der Waals surface area (Å²) in [5.74, 6) is -0.692. The molecule has 0 spiro atoms. The fraction of sp³-hybridized carbons (Fsp3) is 0.375. The quantitative estimate of drug-likeness (QED) is 0.542. The van der Waals surface area contributed by atoms with E-state index < -0.39 is 0 Å². The molecule has 2 aromatic carbocycles. The van der Waals surface area contributed by atoms with Crippen molar-refractivity contribution in [2.24, 2.45) is 5.92 Å². The Balaban J connectivity index is 1.25. The van der Waals surface area contributed by atoms with Gasteiger partial charge in [-0.1, -0.05) is 42.5 Å². The summed E-state index contributed by atoms with van der Waals surface area (Å²) in [6, 6.07) is 18.0. The van der Waals surface area contributed by atoms with Gasteiger partial charge in [0.25, 0.3) is 11.9 Å². The number of benzene rings is 2. The Labute approximate surface area is 181 Å². The topological polar surface area (TPSA) is 75.9 Å². The molecule has 7 heteroatoms. The number of ether oxygens (including phenoxy) is 1.